The number of hydrogen-bond acceptors (Lipinski definition) is 1. The van der Waals surface area contributed by atoms with E-state index in [0.717, 1.165) is 5.92 Å². The average Bonchev–Trinajstić information content (AvgIpc) is 3.08. The summed E-state index contributed by atoms with van der Waals surface area (Å²) in [7, 11) is 0. The van der Waals surface area contributed by atoms with Crippen molar-refractivity contribution in [2.24, 2.45) is 5.92 Å². The number of hydrogen-bond donors (Lipinski definition) is 0. The van der Waals surface area contributed by atoms with Crippen LogP contribution in [0.3, 0.4) is 0 Å². The Hall–Kier alpha value is -0.0400. The highest BCUT2D eigenvalue weighted by Crippen LogP contribution is 2.31. The summed E-state index contributed by atoms with van der Waals surface area (Å²) in [5, 5.41) is 0. The van der Waals surface area contributed by atoms with Gasteiger partial charge in [-0.1, -0.05) is 78.6 Å². The van der Waals surface area contributed by atoms with E-state index in [-0.39, 0.29) is 0 Å². The Bertz CT molecular complexity index is 188. The van der Waals surface area contributed by atoms with E-state index in [0.29, 0.717) is 12.2 Å². The highest BCUT2D eigenvalue weighted by molar-refractivity contribution is 4.84. The molecule has 2 atom stereocenters. The summed E-state index contributed by atoms with van der Waals surface area (Å²) in [6.45, 7) is 6.91. The molecule has 108 valence electrons. The second-order valence-electron chi connectivity index (χ2n) is 6.45. The van der Waals surface area contributed by atoms with Crippen LogP contribution in [0.25, 0.3) is 0 Å². The number of ether oxygens (including phenoxy) is 1. The molecule has 1 aliphatic heterocycles. The van der Waals surface area contributed by atoms with Crippen LogP contribution in [-0.2, 0) is 4.74 Å². The van der Waals surface area contributed by atoms with Crippen LogP contribution in [-0.4, -0.2) is 12.2 Å². The number of rotatable bonds is 12. The van der Waals surface area contributed by atoms with Crippen molar-refractivity contribution in [1.82, 2.24) is 0 Å². The van der Waals surface area contributed by atoms with E-state index < -0.39 is 0 Å². The Labute approximate surface area is 115 Å². The van der Waals surface area contributed by atoms with Crippen molar-refractivity contribution in [1.29, 1.82) is 0 Å². The number of epoxide rings is 1. The first-order chi connectivity index (χ1) is 8.74. The fourth-order valence-corrected chi connectivity index (χ4v) is 2.71. The molecule has 0 radical (unpaired) electrons. The van der Waals surface area contributed by atoms with E-state index in [1.807, 2.05) is 0 Å². The minimum atomic E-state index is 0.632. The van der Waals surface area contributed by atoms with E-state index in [1.165, 1.54) is 70.6 Å². The molecule has 0 N–H and O–H groups in total. The summed E-state index contributed by atoms with van der Waals surface area (Å²) in [6.07, 6.45) is 16.5. The van der Waals surface area contributed by atoms with Crippen LogP contribution in [0, 0.1) is 5.92 Å². The van der Waals surface area contributed by atoms with Gasteiger partial charge in [-0.25, -0.2) is 0 Å². The van der Waals surface area contributed by atoms with Gasteiger partial charge in [0.1, 0.15) is 0 Å². The second kappa shape index (κ2) is 9.83. The predicted molar refractivity (Wildman–Crippen MR) is 80.0 cm³/mol. The average molecular weight is 254 g/mol. The SMILES string of the molecule is CCCCCCCC[C@H]1O[C@H]1CCCCC(C)C. The topological polar surface area (TPSA) is 12.5 Å². The maximum atomic E-state index is 5.75. The fourth-order valence-electron chi connectivity index (χ4n) is 2.71. The van der Waals surface area contributed by atoms with Gasteiger partial charge in [-0.2, -0.15) is 0 Å². The van der Waals surface area contributed by atoms with Crippen molar-refractivity contribution in [2.45, 2.75) is 104 Å². The zero-order chi connectivity index (χ0) is 13.2. The highest BCUT2D eigenvalue weighted by Gasteiger charge is 2.36. The molecule has 1 nitrogen and oxygen atoms in total. The third-order valence-electron chi connectivity index (χ3n) is 4.05. The lowest BCUT2D eigenvalue weighted by Gasteiger charge is -2.02. The van der Waals surface area contributed by atoms with Crippen molar-refractivity contribution in [2.75, 3.05) is 0 Å². The van der Waals surface area contributed by atoms with Crippen molar-refractivity contribution < 1.29 is 4.74 Å². The summed E-state index contributed by atoms with van der Waals surface area (Å²) in [5.74, 6) is 0.865. The van der Waals surface area contributed by atoms with Crippen molar-refractivity contribution >= 4 is 0 Å². The standard InChI is InChI=1S/C17H34O/c1-4-5-6-7-8-9-13-16-17(18-16)14-11-10-12-15(2)3/h15-17H,4-14H2,1-3H3/t16-,17+/m1/s1. The molecule has 0 unspecified atom stereocenters. The van der Waals surface area contributed by atoms with Gasteiger partial charge in [0.05, 0.1) is 12.2 Å². The maximum Gasteiger partial charge on any atom is 0.0841 e. The van der Waals surface area contributed by atoms with Crippen LogP contribution in [0.2, 0.25) is 0 Å². The largest absolute Gasteiger partial charge is 0.370 e. The van der Waals surface area contributed by atoms with Gasteiger partial charge in [0.15, 0.2) is 0 Å². The van der Waals surface area contributed by atoms with E-state index in [1.54, 1.807) is 0 Å². The van der Waals surface area contributed by atoms with Crippen molar-refractivity contribution in [3.63, 3.8) is 0 Å². The van der Waals surface area contributed by atoms with Crippen LogP contribution in [0.1, 0.15) is 91.4 Å². The molecular weight excluding hydrogens is 220 g/mol. The first-order valence-electron chi connectivity index (χ1n) is 8.39. The second-order valence-corrected chi connectivity index (χ2v) is 6.45. The molecule has 18 heavy (non-hydrogen) atoms. The fraction of sp³-hybridized carbons (Fsp3) is 1.00. The summed E-state index contributed by atoms with van der Waals surface area (Å²) in [6, 6.07) is 0. The van der Waals surface area contributed by atoms with Crippen LogP contribution >= 0.6 is 0 Å². The Morgan fingerprint density at radius 2 is 1.33 bits per heavy atom. The van der Waals surface area contributed by atoms with Crippen molar-refractivity contribution in [3.8, 4) is 0 Å². The summed E-state index contributed by atoms with van der Waals surface area (Å²) in [5.41, 5.74) is 0. The molecule has 0 bridgehead atoms. The first kappa shape index (κ1) is 16.0. The van der Waals surface area contributed by atoms with Gasteiger partial charge in [0, 0.05) is 0 Å². The van der Waals surface area contributed by atoms with Gasteiger partial charge in [-0.3, -0.25) is 0 Å². The molecule has 1 aliphatic rings. The van der Waals surface area contributed by atoms with E-state index in [2.05, 4.69) is 20.8 Å². The zero-order valence-corrected chi connectivity index (χ0v) is 12.9. The van der Waals surface area contributed by atoms with Crippen LogP contribution < -0.4 is 0 Å². The predicted octanol–water partition coefficient (Wildman–Crippen LogP) is 5.72. The molecule has 1 heterocycles. The van der Waals surface area contributed by atoms with Gasteiger partial charge in [-0.15, -0.1) is 0 Å². The number of unbranched alkanes of at least 4 members (excludes halogenated alkanes) is 6. The third kappa shape index (κ3) is 8.13. The molecule has 1 saturated heterocycles. The van der Waals surface area contributed by atoms with Gasteiger partial charge >= 0.3 is 0 Å². The lowest BCUT2D eigenvalue weighted by molar-refractivity contribution is 0.346. The van der Waals surface area contributed by atoms with E-state index in [9.17, 15) is 0 Å². The molecule has 1 heteroatoms. The third-order valence-corrected chi connectivity index (χ3v) is 4.05. The normalized spacial score (nSPS) is 22.7. The van der Waals surface area contributed by atoms with E-state index in [4.69, 9.17) is 4.74 Å². The van der Waals surface area contributed by atoms with Crippen LogP contribution in [0.5, 0.6) is 0 Å². The molecule has 1 rings (SSSR count). The Balaban J connectivity index is 1.80. The van der Waals surface area contributed by atoms with Crippen LogP contribution in [0.4, 0.5) is 0 Å². The zero-order valence-electron chi connectivity index (χ0n) is 12.9. The van der Waals surface area contributed by atoms with Crippen molar-refractivity contribution in [3.05, 3.63) is 0 Å². The lowest BCUT2D eigenvalue weighted by atomic mass is 10.0. The Morgan fingerprint density at radius 1 is 0.778 bits per heavy atom. The molecule has 0 saturated carbocycles. The molecule has 0 aromatic carbocycles. The van der Waals surface area contributed by atoms with Gasteiger partial charge in [0.2, 0.25) is 0 Å². The first-order valence-corrected chi connectivity index (χ1v) is 8.39. The maximum absolute atomic E-state index is 5.75. The minimum absolute atomic E-state index is 0.632. The monoisotopic (exact) mass is 254 g/mol. The minimum Gasteiger partial charge on any atom is -0.370 e. The molecule has 0 spiro atoms. The summed E-state index contributed by atoms with van der Waals surface area (Å²) >= 11 is 0. The lowest BCUT2D eigenvalue weighted by Crippen LogP contribution is -1.95. The Kier molecular flexibility index (Phi) is 8.75. The van der Waals surface area contributed by atoms with Gasteiger partial charge < -0.3 is 4.74 Å². The smallest absolute Gasteiger partial charge is 0.0841 e. The summed E-state index contributed by atoms with van der Waals surface area (Å²) in [4.78, 5) is 0. The molecule has 0 aliphatic carbocycles. The van der Waals surface area contributed by atoms with Gasteiger partial charge in [0.25, 0.3) is 0 Å². The molecule has 0 aromatic heterocycles. The highest BCUT2D eigenvalue weighted by atomic mass is 16.6. The van der Waals surface area contributed by atoms with Crippen LogP contribution in [0.15, 0.2) is 0 Å². The molecular formula is C17H34O. The molecule has 1 fully saturated rings. The van der Waals surface area contributed by atoms with Gasteiger partial charge in [-0.05, 0) is 18.8 Å². The molecule has 0 amide bonds. The summed E-state index contributed by atoms with van der Waals surface area (Å²) < 4.78 is 5.75. The quantitative estimate of drug-likeness (QED) is 0.320. The molecule has 0 aromatic rings. The van der Waals surface area contributed by atoms with E-state index >= 15 is 0 Å². The Morgan fingerprint density at radius 3 is 1.94 bits per heavy atom.